The number of nitrogens with two attached hydrogens (primary N) is 1. The van der Waals surface area contributed by atoms with Crippen LogP contribution in [0.25, 0.3) is 11.1 Å². The Hall–Kier alpha value is -4.08. The zero-order valence-electron chi connectivity index (χ0n) is 16.0. The number of aromatic nitrogens is 1. The molecule has 0 bridgehead atoms. The Morgan fingerprint density at radius 2 is 1.73 bits per heavy atom. The van der Waals surface area contributed by atoms with Gasteiger partial charge in [-0.05, 0) is 42.5 Å². The highest BCUT2D eigenvalue weighted by molar-refractivity contribution is 5.98. The minimum Gasteiger partial charge on any atom is -0.424 e. The van der Waals surface area contributed by atoms with Crippen molar-refractivity contribution >= 4 is 40.6 Å². The Bertz CT molecular complexity index is 1110. The molecule has 10 nitrogen and oxygen atoms in total. The van der Waals surface area contributed by atoms with E-state index in [0.29, 0.717) is 35.3 Å². The number of benzene rings is 2. The summed E-state index contributed by atoms with van der Waals surface area (Å²) in [5.74, 6) is -0.554. The minimum atomic E-state index is -0.291. The maximum atomic E-state index is 12.3. The summed E-state index contributed by atoms with van der Waals surface area (Å²) in [5.41, 5.74) is 8.14. The van der Waals surface area contributed by atoms with Gasteiger partial charge in [-0.25, -0.2) is 4.79 Å². The molecule has 1 saturated heterocycles. The highest BCUT2D eigenvalue weighted by Gasteiger charge is 2.21. The number of urea groups is 1. The number of anilines is 2. The first-order valence-electron chi connectivity index (χ1n) is 9.39. The first-order valence-corrected chi connectivity index (χ1v) is 9.39. The fourth-order valence-electron chi connectivity index (χ4n) is 3.15. The molecule has 0 radical (unpaired) electrons. The zero-order valence-corrected chi connectivity index (χ0v) is 16.0. The molecule has 154 valence electrons. The molecule has 10 heteroatoms. The highest BCUT2D eigenvalue weighted by Crippen LogP contribution is 2.18. The molecule has 30 heavy (non-hydrogen) atoms. The lowest BCUT2D eigenvalue weighted by Gasteiger charge is -2.14. The lowest BCUT2D eigenvalue weighted by molar-refractivity contribution is 0.0928. The Morgan fingerprint density at radius 1 is 1.07 bits per heavy atom. The first-order chi connectivity index (χ1) is 14.5. The molecule has 0 atom stereocenters. The van der Waals surface area contributed by atoms with Crippen LogP contribution in [-0.2, 0) is 0 Å². The molecule has 0 unspecified atom stereocenters. The van der Waals surface area contributed by atoms with Crippen LogP contribution in [0.2, 0.25) is 0 Å². The molecule has 1 aliphatic heterocycles. The number of carbonyl (C=O) groups is 3. The Balaban J connectivity index is 1.25. The van der Waals surface area contributed by atoms with Crippen molar-refractivity contribution < 1.29 is 18.8 Å². The maximum Gasteiger partial charge on any atom is 0.321 e. The summed E-state index contributed by atoms with van der Waals surface area (Å²) in [5, 5.41) is 8.21. The topological polar surface area (TPSA) is 143 Å². The minimum absolute atomic E-state index is 0.0435. The van der Waals surface area contributed by atoms with E-state index in [4.69, 9.17) is 10.2 Å². The Kier molecular flexibility index (Phi) is 5.21. The molecule has 2 aromatic carbocycles. The van der Waals surface area contributed by atoms with Crippen LogP contribution in [0.1, 0.15) is 20.7 Å². The van der Waals surface area contributed by atoms with Crippen molar-refractivity contribution in [1.29, 1.82) is 0 Å². The molecule has 0 saturated carbocycles. The normalized spacial score (nSPS) is 13.3. The van der Waals surface area contributed by atoms with Crippen LogP contribution in [0, 0.1) is 0 Å². The van der Waals surface area contributed by atoms with E-state index in [-0.39, 0.29) is 36.9 Å². The largest absolute Gasteiger partial charge is 0.424 e. The van der Waals surface area contributed by atoms with Gasteiger partial charge in [0.15, 0.2) is 5.58 Å². The summed E-state index contributed by atoms with van der Waals surface area (Å²) in [6.07, 6.45) is 0. The molecule has 1 aliphatic rings. The molecular weight excluding hydrogens is 388 g/mol. The van der Waals surface area contributed by atoms with E-state index in [9.17, 15) is 14.4 Å². The number of hydrogen-bond acceptors (Lipinski definition) is 6. The van der Waals surface area contributed by atoms with Crippen molar-refractivity contribution in [3.05, 3.63) is 53.6 Å². The van der Waals surface area contributed by atoms with E-state index >= 15 is 0 Å². The number of nitrogens with one attached hydrogen (secondary N) is 3. The molecule has 3 aromatic rings. The van der Waals surface area contributed by atoms with E-state index in [0.717, 1.165) is 5.69 Å². The summed E-state index contributed by atoms with van der Waals surface area (Å²) in [6, 6.07) is 11.5. The van der Waals surface area contributed by atoms with Gasteiger partial charge in [-0.2, -0.15) is 4.98 Å². The molecule has 0 spiro atoms. The van der Waals surface area contributed by atoms with Crippen LogP contribution in [-0.4, -0.2) is 49.0 Å². The molecular formula is C20H20N6O4. The number of amides is 4. The summed E-state index contributed by atoms with van der Waals surface area (Å²) in [6.45, 7) is 1.73. The predicted octanol–water partition coefficient (Wildman–Crippen LogP) is 1.10. The monoisotopic (exact) mass is 408 g/mol. The number of hydrogen-bond donors (Lipinski definition) is 4. The van der Waals surface area contributed by atoms with Gasteiger partial charge in [-0.15, -0.1) is 0 Å². The van der Waals surface area contributed by atoms with Gasteiger partial charge in [-0.1, -0.05) is 0 Å². The van der Waals surface area contributed by atoms with Gasteiger partial charge in [-0.3, -0.25) is 14.5 Å². The van der Waals surface area contributed by atoms with Crippen LogP contribution in [0.15, 0.2) is 46.9 Å². The van der Waals surface area contributed by atoms with Gasteiger partial charge in [0.2, 0.25) is 0 Å². The molecule has 4 rings (SSSR count). The van der Waals surface area contributed by atoms with Crippen molar-refractivity contribution in [2.45, 2.75) is 0 Å². The third-order valence-electron chi connectivity index (χ3n) is 4.66. The van der Waals surface area contributed by atoms with Crippen LogP contribution < -0.4 is 26.6 Å². The van der Waals surface area contributed by atoms with Crippen molar-refractivity contribution in [2.75, 3.05) is 36.8 Å². The van der Waals surface area contributed by atoms with Crippen LogP contribution in [0.3, 0.4) is 0 Å². The summed E-state index contributed by atoms with van der Waals surface area (Å²) in [4.78, 5) is 41.8. The Labute approximate surface area is 171 Å². The number of rotatable bonds is 6. The van der Waals surface area contributed by atoms with Gasteiger partial charge >= 0.3 is 6.03 Å². The van der Waals surface area contributed by atoms with E-state index in [1.165, 1.54) is 0 Å². The third-order valence-corrected chi connectivity index (χ3v) is 4.66. The number of carbonyl (C=O) groups excluding carboxylic acids is 3. The quantitative estimate of drug-likeness (QED) is 0.450. The molecule has 5 N–H and O–H groups in total. The Morgan fingerprint density at radius 3 is 2.40 bits per heavy atom. The van der Waals surface area contributed by atoms with Gasteiger partial charge < -0.3 is 26.1 Å². The number of nitrogen functional groups attached to an aromatic ring is 1. The third kappa shape index (κ3) is 4.02. The average Bonchev–Trinajstić information content (AvgIpc) is 3.34. The fourth-order valence-corrected chi connectivity index (χ4v) is 3.15. The summed E-state index contributed by atoms with van der Waals surface area (Å²) in [7, 11) is 0. The molecule has 0 aliphatic carbocycles. The van der Waals surface area contributed by atoms with Crippen LogP contribution >= 0.6 is 0 Å². The molecule has 1 aromatic heterocycles. The van der Waals surface area contributed by atoms with Gasteiger partial charge in [0.1, 0.15) is 5.52 Å². The van der Waals surface area contributed by atoms with E-state index < -0.39 is 0 Å². The lowest BCUT2D eigenvalue weighted by Crippen LogP contribution is -2.34. The second-order valence-electron chi connectivity index (χ2n) is 6.68. The van der Waals surface area contributed by atoms with E-state index in [1.54, 1.807) is 47.4 Å². The lowest BCUT2D eigenvalue weighted by atomic mass is 10.2. The van der Waals surface area contributed by atoms with Crippen LogP contribution in [0.5, 0.6) is 0 Å². The number of oxazole rings is 1. The van der Waals surface area contributed by atoms with E-state index in [2.05, 4.69) is 20.9 Å². The standard InChI is InChI=1S/C20H20N6O4/c21-19-25-15-11-13(3-6-16(15)30-19)18(28)23-8-7-22-17(27)12-1-4-14(5-2-12)26-10-9-24-20(26)29/h1-6,11H,7-10H2,(H2,21,25)(H,22,27)(H,23,28)(H,24,29). The van der Waals surface area contributed by atoms with Gasteiger partial charge in [0, 0.05) is 43.0 Å². The van der Waals surface area contributed by atoms with Crippen LogP contribution in [0.4, 0.5) is 16.5 Å². The maximum absolute atomic E-state index is 12.3. The smallest absolute Gasteiger partial charge is 0.321 e. The van der Waals surface area contributed by atoms with Crippen molar-refractivity contribution in [3.63, 3.8) is 0 Å². The van der Waals surface area contributed by atoms with Crippen molar-refractivity contribution in [2.24, 2.45) is 0 Å². The average molecular weight is 408 g/mol. The summed E-state index contributed by atoms with van der Waals surface area (Å²) < 4.78 is 5.18. The fraction of sp³-hybridized carbons (Fsp3) is 0.200. The molecule has 4 amide bonds. The number of nitrogens with zero attached hydrogens (tertiary/aromatic N) is 2. The zero-order chi connectivity index (χ0) is 21.1. The van der Waals surface area contributed by atoms with Crippen molar-refractivity contribution in [1.82, 2.24) is 20.9 Å². The SMILES string of the molecule is Nc1nc2cc(C(=O)NCCNC(=O)c3ccc(N4CCNC4=O)cc3)ccc2o1. The number of fused-ring (bicyclic) bond motifs is 1. The molecule has 1 fully saturated rings. The van der Waals surface area contributed by atoms with E-state index in [1.807, 2.05) is 0 Å². The highest BCUT2D eigenvalue weighted by atomic mass is 16.4. The predicted molar refractivity (Wildman–Crippen MR) is 110 cm³/mol. The summed E-state index contributed by atoms with van der Waals surface area (Å²) >= 11 is 0. The first kappa shape index (κ1) is 19.2. The van der Waals surface area contributed by atoms with Gasteiger partial charge in [0.25, 0.3) is 17.8 Å². The second kappa shape index (κ2) is 8.11. The van der Waals surface area contributed by atoms with Crippen molar-refractivity contribution in [3.8, 4) is 0 Å². The molecule has 2 heterocycles. The second-order valence-corrected chi connectivity index (χ2v) is 6.68. The van der Waals surface area contributed by atoms with Gasteiger partial charge in [0.05, 0.1) is 0 Å².